The molecule has 0 aliphatic carbocycles. The molecule has 188 valence electrons. The second-order valence-electron chi connectivity index (χ2n) is 8.96. The highest BCUT2D eigenvalue weighted by Gasteiger charge is 2.34. The van der Waals surface area contributed by atoms with Gasteiger partial charge in [0.1, 0.15) is 22.7 Å². The summed E-state index contributed by atoms with van der Waals surface area (Å²) >= 11 is 5.28. The van der Waals surface area contributed by atoms with E-state index in [1.807, 2.05) is 30.3 Å². The average molecular weight is 517 g/mol. The molecule has 1 aliphatic rings. The zero-order valence-electron chi connectivity index (χ0n) is 20.3. The first kappa shape index (κ1) is 25.5. The van der Waals surface area contributed by atoms with E-state index < -0.39 is 23.5 Å². The first-order valence-corrected chi connectivity index (χ1v) is 11.7. The van der Waals surface area contributed by atoms with Crippen molar-refractivity contribution in [2.45, 2.75) is 26.4 Å². The van der Waals surface area contributed by atoms with E-state index >= 15 is 0 Å². The third-order valence-electron chi connectivity index (χ3n) is 4.97. The fourth-order valence-electron chi connectivity index (χ4n) is 3.38. The third-order valence-corrected chi connectivity index (χ3v) is 5.25. The van der Waals surface area contributed by atoms with Gasteiger partial charge in [-0.1, -0.05) is 18.2 Å². The van der Waals surface area contributed by atoms with E-state index in [4.69, 9.17) is 21.7 Å². The Labute approximate surface area is 219 Å². The van der Waals surface area contributed by atoms with Gasteiger partial charge in [-0.2, -0.15) is 0 Å². The molecule has 1 fully saturated rings. The molecule has 1 saturated heterocycles. The van der Waals surface area contributed by atoms with Crippen LogP contribution in [-0.4, -0.2) is 33.6 Å². The van der Waals surface area contributed by atoms with Crippen molar-refractivity contribution in [1.82, 2.24) is 10.3 Å². The number of carbonyl (C=O) groups excluding carboxylic acids is 3. The first-order chi connectivity index (χ1) is 17.6. The van der Waals surface area contributed by atoms with Crippen LogP contribution in [-0.2, 0) is 14.3 Å². The second-order valence-corrected chi connectivity index (χ2v) is 9.34. The molecule has 1 aromatic heterocycles. The molecule has 0 spiro atoms. The van der Waals surface area contributed by atoms with Gasteiger partial charge in [0.05, 0.1) is 17.6 Å². The number of hydrogen-bond donors (Lipinski definition) is 2. The Morgan fingerprint density at radius 2 is 1.70 bits per heavy atom. The van der Waals surface area contributed by atoms with Crippen LogP contribution < -0.4 is 20.3 Å². The summed E-state index contributed by atoms with van der Waals surface area (Å²) in [4.78, 5) is 43.6. The van der Waals surface area contributed by atoms with Gasteiger partial charge in [-0.15, -0.1) is 0 Å². The number of thiocarbonyl (C=S) groups is 1. The third kappa shape index (κ3) is 6.36. The summed E-state index contributed by atoms with van der Waals surface area (Å²) in [7, 11) is 0. The Morgan fingerprint density at radius 3 is 2.38 bits per heavy atom. The van der Waals surface area contributed by atoms with Crippen molar-refractivity contribution in [3.05, 3.63) is 84.2 Å². The van der Waals surface area contributed by atoms with Crippen LogP contribution >= 0.6 is 12.2 Å². The Kier molecular flexibility index (Phi) is 7.30. The molecule has 3 aromatic rings. The molecule has 37 heavy (non-hydrogen) atoms. The molecule has 2 aromatic carbocycles. The molecule has 9 nitrogen and oxygen atoms in total. The average Bonchev–Trinajstić information content (AvgIpc) is 2.83. The Hall–Kier alpha value is -4.57. The van der Waals surface area contributed by atoms with E-state index in [1.165, 1.54) is 23.4 Å². The van der Waals surface area contributed by atoms with Gasteiger partial charge in [0.2, 0.25) is 0 Å². The van der Waals surface area contributed by atoms with Crippen LogP contribution in [0.2, 0.25) is 0 Å². The minimum atomic E-state index is -0.706. The molecule has 2 N–H and O–H groups in total. The van der Waals surface area contributed by atoms with Gasteiger partial charge >= 0.3 is 6.09 Å². The van der Waals surface area contributed by atoms with E-state index in [2.05, 4.69) is 15.6 Å². The molecule has 4 rings (SSSR count). The van der Waals surface area contributed by atoms with Crippen molar-refractivity contribution in [3.63, 3.8) is 0 Å². The van der Waals surface area contributed by atoms with E-state index in [-0.39, 0.29) is 16.4 Å². The van der Waals surface area contributed by atoms with Crippen LogP contribution in [0.25, 0.3) is 6.08 Å². The highest BCUT2D eigenvalue weighted by atomic mass is 32.1. The number of anilines is 2. The molecule has 10 heteroatoms. The summed E-state index contributed by atoms with van der Waals surface area (Å²) in [6.45, 7) is 5.21. The van der Waals surface area contributed by atoms with Gasteiger partial charge in [-0.3, -0.25) is 30.1 Å². The summed E-state index contributed by atoms with van der Waals surface area (Å²) < 4.78 is 11.1. The lowest BCUT2D eigenvalue weighted by atomic mass is 10.1. The summed E-state index contributed by atoms with van der Waals surface area (Å²) in [6, 6.07) is 17.6. The largest absolute Gasteiger partial charge is 0.457 e. The lowest BCUT2D eigenvalue weighted by Gasteiger charge is -2.29. The van der Waals surface area contributed by atoms with Crippen LogP contribution in [0.5, 0.6) is 11.5 Å². The number of para-hydroxylation sites is 1. The summed E-state index contributed by atoms with van der Waals surface area (Å²) in [5.74, 6) is -0.0361. The minimum Gasteiger partial charge on any atom is -0.457 e. The number of aromatic nitrogens is 1. The smallest absolute Gasteiger partial charge is 0.412 e. The molecule has 0 bridgehead atoms. The number of amides is 3. The fourth-order valence-corrected chi connectivity index (χ4v) is 3.67. The number of nitrogens with zero attached hydrogens (tertiary/aromatic N) is 2. The highest BCUT2D eigenvalue weighted by Crippen LogP contribution is 2.28. The van der Waals surface area contributed by atoms with Crippen LogP contribution in [0.3, 0.4) is 0 Å². The van der Waals surface area contributed by atoms with E-state index in [0.717, 1.165) is 0 Å². The zero-order valence-corrected chi connectivity index (χ0v) is 21.2. The lowest BCUT2D eigenvalue weighted by Crippen LogP contribution is -2.54. The fraction of sp³-hybridized carbons (Fsp3) is 0.148. The highest BCUT2D eigenvalue weighted by molar-refractivity contribution is 7.80. The van der Waals surface area contributed by atoms with Gasteiger partial charge in [0.15, 0.2) is 5.11 Å². The number of ether oxygens (including phenoxy) is 2. The maximum Gasteiger partial charge on any atom is 0.412 e. The maximum atomic E-state index is 13.4. The van der Waals surface area contributed by atoms with Crippen LogP contribution in [0.1, 0.15) is 26.3 Å². The van der Waals surface area contributed by atoms with Crippen LogP contribution in [0.4, 0.5) is 16.2 Å². The number of hydrogen-bond acceptors (Lipinski definition) is 7. The van der Waals surface area contributed by atoms with E-state index in [1.54, 1.807) is 51.1 Å². The predicted molar refractivity (Wildman–Crippen MR) is 143 cm³/mol. The van der Waals surface area contributed by atoms with E-state index in [9.17, 15) is 14.4 Å². The standard InChI is InChI=1S/C27H24N4O5S/c1-27(2,3)36-26(34)29-22-16-28-14-13-17(22)15-21-23(32)30-25(37)31(24(21)33)18-9-11-20(12-10-18)35-19-7-5-4-6-8-19/h4-16H,1-3H3,(H,29,34)(H,30,32,37)/b21-15+. The van der Waals surface area contributed by atoms with Gasteiger partial charge in [0, 0.05) is 11.8 Å². The van der Waals surface area contributed by atoms with Gasteiger partial charge in [-0.25, -0.2) is 4.79 Å². The first-order valence-electron chi connectivity index (χ1n) is 11.3. The predicted octanol–water partition coefficient (Wildman–Crippen LogP) is 5.05. The summed E-state index contributed by atoms with van der Waals surface area (Å²) in [5.41, 5.74) is 0.229. The molecule has 0 radical (unpaired) electrons. The van der Waals surface area contributed by atoms with Crippen molar-refractivity contribution in [2.75, 3.05) is 10.2 Å². The quantitative estimate of drug-likeness (QED) is 0.277. The molecule has 0 unspecified atom stereocenters. The molecule has 0 saturated carbocycles. The van der Waals surface area contributed by atoms with Gasteiger partial charge < -0.3 is 9.47 Å². The summed E-state index contributed by atoms with van der Waals surface area (Å²) in [6.07, 6.45) is 3.55. The minimum absolute atomic E-state index is 0.0503. The SMILES string of the molecule is CC(C)(C)OC(=O)Nc1cnccc1/C=C1\C(=O)NC(=S)N(c2ccc(Oc3ccccc3)cc2)C1=O. The number of nitrogens with one attached hydrogen (secondary N) is 2. The monoisotopic (exact) mass is 516 g/mol. The van der Waals surface area contributed by atoms with Crippen LogP contribution in [0.15, 0.2) is 78.6 Å². The lowest BCUT2D eigenvalue weighted by molar-refractivity contribution is -0.122. The molecular weight excluding hydrogens is 492 g/mol. The maximum absolute atomic E-state index is 13.4. The summed E-state index contributed by atoms with van der Waals surface area (Å²) in [5, 5.41) is 5.09. The van der Waals surface area contributed by atoms with Crippen molar-refractivity contribution in [3.8, 4) is 11.5 Å². The topological polar surface area (TPSA) is 110 Å². The van der Waals surface area contributed by atoms with Gasteiger partial charge in [-0.05, 0) is 81.5 Å². The zero-order chi connectivity index (χ0) is 26.6. The molecular formula is C27H24N4O5S. The number of rotatable bonds is 5. The van der Waals surface area contributed by atoms with E-state index in [0.29, 0.717) is 22.7 Å². The van der Waals surface area contributed by atoms with Gasteiger partial charge in [0.25, 0.3) is 11.8 Å². The van der Waals surface area contributed by atoms with Crippen LogP contribution in [0, 0.1) is 0 Å². The molecule has 1 aliphatic heterocycles. The number of carbonyl (C=O) groups is 3. The number of pyridine rings is 1. The Balaban J connectivity index is 1.58. The molecule has 2 heterocycles. The van der Waals surface area contributed by atoms with Crippen molar-refractivity contribution < 1.29 is 23.9 Å². The molecule has 3 amide bonds. The second kappa shape index (κ2) is 10.6. The van der Waals surface area contributed by atoms with Crippen molar-refractivity contribution in [2.24, 2.45) is 0 Å². The van der Waals surface area contributed by atoms with Crippen molar-refractivity contribution in [1.29, 1.82) is 0 Å². The van der Waals surface area contributed by atoms with Crippen molar-refractivity contribution >= 4 is 52.7 Å². The Morgan fingerprint density at radius 1 is 1.03 bits per heavy atom. The molecule has 0 atom stereocenters. The normalized spacial score (nSPS) is 14.8. The number of benzene rings is 2. The Bertz CT molecular complexity index is 1380.